The summed E-state index contributed by atoms with van der Waals surface area (Å²) in [7, 11) is 0. The number of carbonyl (C=O) groups excluding carboxylic acids is 1. The van der Waals surface area contributed by atoms with E-state index in [0.717, 1.165) is 19.4 Å². The lowest BCUT2D eigenvalue weighted by molar-refractivity contribution is -0.122. The van der Waals surface area contributed by atoms with Crippen LogP contribution in [0.25, 0.3) is 0 Å². The van der Waals surface area contributed by atoms with E-state index in [4.69, 9.17) is 10.5 Å². The van der Waals surface area contributed by atoms with Crippen LogP contribution in [0.1, 0.15) is 33.1 Å². The van der Waals surface area contributed by atoms with Gasteiger partial charge in [-0.3, -0.25) is 4.79 Å². The minimum Gasteiger partial charge on any atom is -0.376 e. The van der Waals surface area contributed by atoms with Crippen molar-refractivity contribution in [2.45, 2.75) is 45.3 Å². The normalized spacial score (nSPS) is 27.7. The Morgan fingerprint density at radius 3 is 2.93 bits per heavy atom. The second-order valence-electron chi connectivity index (χ2n) is 4.42. The first-order valence-corrected chi connectivity index (χ1v) is 5.74. The van der Waals surface area contributed by atoms with E-state index in [1.54, 1.807) is 0 Å². The van der Waals surface area contributed by atoms with Gasteiger partial charge in [-0.25, -0.2) is 0 Å². The summed E-state index contributed by atoms with van der Waals surface area (Å²) in [5, 5.41) is 3.00. The Balaban J connectivity index is 2.18. The maximum atomic E-state index is 11.6. The molecule has 0 spiro atoms. The van der Waals surface area contributed by atoms with E-state index in [1.807, 2.05) is 6.92 Å². The third-order valence-electron chi connectivity index (χ3n) is 2.99. The molecular weight excluding hydrogens is 192 g/mol. The molecule has 4 nitrogen and oxygen atoms in total. The first-order chi connectivity index (χ1) is 7.13. The second kappa shape index (κ2) is 6.08. The average molecular weight is 214 g/mol. The van der Waals surface area contributed by atoms with E-state index in [9.17, 15) is 4.79 Å². The van der Waals surface area contributed by atoms with Crippen LogP contribution in [0.3, 0.4) is 0 Å². The van der Waals surface area contributed by atoms with Crippen LogP contribution in [0.5, 0.6) is 0 Å². The minimum atomic E-state index is 0.123. The number of amides is 1. The third-order valence-corrected chi connectivity index (χ3v) is 2.99. The maximum Gasteiger partial charge on any atom is 0.220 e. The molecule has 88 valence electrons. The molecule has 3 unspecified atom stereocenters. The highest BCUT2D eigenvalue weighted by atomic mass is 16.5. The molecule has 1 rings (SSSR count). The number of ether oxygens (including phenoxy) is 1. The lowest BCUT2D eigenvalue weighted by Gasteiger charge is -2.16. The summed E-state index contributed by atoms with van der Waals surface area (Å²) in [6.07, 6.45) is 2.52. The molecule has 1 saturated heterocycles. The van der Waals surface area contributed by atoms with Crippen LogP contribution in [0, 0.1) is 5.92 Å². The standard InChI is InChI=1S/C11H22N2O2/c1-8(7-12)3-4-11(14)13-10-5-6-15-9(10)2/h8-10H,3-7,12H2,1-2H3,(H,13,14). The van der Waals surface area contributed by atoms with Crippen molar-refractivity contribution >= 4 is 5.91 Å². The highest BCUT2D eigenvalue weighted by molar-refractivity contribution is 5.76. The molecule has 1 aliphatic heterocycles. The van der Waals surface area contributed by atoms with Crippen molar-refractivity contribution in [3.63, 3.8) is 0 Å². The molecule has 15 heavy (non-hydrogen) atoms. The van der Waals surface area contributed by atoms with Crippen molar-refractivity contribution < 1.29 is 9.53 Å². The molecule has 1 heterocycles. The fourth-order valence-corrected chi connectivity index (χ4v) is 1.70. The van der Waals surface area contributed by atoms with E-state index >= 15 is 0 Å². The van der Waals surface area contributed by atoms with Crippen LogP contribution >= 0.6 is 0 Å². The molecule has 0 aromatic rings. The predicted molar refractivity (Wildman–Crippen MR) is 59.4 cm³/mol. The largest absolute Gasteiger partial charge is 0.376 e. The molecule has 3 atom stereocenters. The van der Waals surface area contributed by atoms with Gasteiger partial charge in [-0.1, -0.05) is 6.92 Å². The topological polar surface area (TPSA) is 64.4 Å². The smallest absolute Gasteiger partial charge is 0.220 e. The Kier molecular flexibility index (Phi) is 5.05. The summed E-state index contributed by atoms with van der Waals surface area (Å²) in [6.45, 7) is 5.47. The molecule has 3 N–H and O–H groups in total. The van der Waals surface area contributed by atoms with E-state index in [0.29, 0.717) is 18.9 Å². The molecule has 1 fully saturated rings. The van der Waals surface area contributed by atoms with Crippen LogP contribution in [-0.4, -0.2) is 31.2 Å². The van der Waals surface area contributed by atoms with Gasteiger partial charge in [0.1, 0.15) is 0 Å². The molecule has 0 aromatic heterocycles. The van der Waals surface area contributed by atoms with Crippen molar-refractivity contribution in [2.75, 3.05) is 13.2 Å². The van der Waals surface area contributed by atoms with Crippen molar-refractivity contribution in [1.82, 2.24) is 5.32 Å². The van der Waals surface area contributed by atoms with Gasteiger partial charge in [0.15, 0.2) is 0 Å². The summed E-state index contributed by atoms with van der Waals surface area (Å²) in [6, 6.07) is 0.200. The van der Waals surface area contributed by atoms with E-state index in [2.05, 4.69) is 12.2 Å². The van der Waals surface area contributed by atoms with Gasteiger partial charge in [0.25, 0.3) is 0 Å². The van der Waals surface area contributed by atoms with Gasteiger partial charge in [-0.05, 0) is 32.2 Å². The first kappa shape index (κ1) is 12.5. The molecule has 4 heteroatoms. The highest BCUT2D eigenvalue weighted by Crippen LogP contribution is 2.13. The Bertz CT molecular complexity index is 209. The average Bonchev–Trinajstić information content (AvgIpc) is 2.61. The summed E-state index contributed by atoms with van der Waals surface area (Å²) in [5.74, 6) is 0.547. The Hall–Kier alpha value is -0.610. The second-order valence-corrected chi connectivity index (χ2v) is 4.42. The molecule has 1 aliphatic rings. The number of nitrogens with two attached hydrogens (primary N) is 1. The molecule has 0 radical (unpaired) electrons. The first-order valence-electron chi connectivity index (χ1n) is 5.74. The Morgan fingerprint density at radius 1 is 1.67 bits per heavy atom. The lowest BCUT2D eigenvalue weighted by Crippen LogP contribution is -2.39. The van der Waals surface area contributed by atoms with Crippen molar-refractivity contribution in [1.29, 1.82) is 0 Å². The van der Waals surface area contributed by atoms with E-state index < -0.39 is 0 Å². The number of hydrogen-bond donors (Lipinski definition) is 2. The summed E-state index contributed by atoms with van der Waals surface area (Å²) < 4.78 is 5.38. The zero-order valence-corrected chi connectivity index (χ0v) is 9.66. The quantitative estimate of drug-likeness (QED) is 0.706. The number of carbonyl (C=O) groups is 1. The zero-order chi connectivity index (χ0) is 11.3. The van der Waals surface area contributed by atoms with E-state index in [-0.39, 0.29) is 18.1 Å². The molecule has 1 amide bonds. The summed E-state index contributed by atoms with van der Waals surface area (Å²) in [5.41, 5.74) is 5.49. The molecule has 0 aliphatic carbocycles. The SMILES string of the molecule is CC(CN)CCC(=O)NC1CCOC1C. The van der Waals surface area contributed by atoms with Crippen LogP contribution in [0.4, 0.5) is 0 Å². The molecular formula is C11H22N2O2. The van der Waals surface area contributed by atoms with Gasteiger partial charge in [-0.15, -0.1) is 0 Å². The summed E-state index contributed by atoms with van der Waals surface area (Å²) >= 11 is 0. The van der Waals surface area contributed by atoms with Gasteiger partial charge in [0.05, 0.1) is 12.1 Å². The molecule has 0 saturated carbocycles. The zero-order valence-electron chi connectivity index (χ0n) is 9.66. The summed E-state index contributed by atoms with van der Waals surface area (Å²) in [4.78, 5) is 11.6. The van der Waals surface area contributed by atoms with Gasteiger partial charge >= 0.3 is 0 Å². The van der Waals surface area contributed by atoms with Crippen LogP contribution in [0.15, 0.2) is 0 Å². The van der Waals surface area contributed by atoms with E-state index in [1.165, 1.54) is 0 Å². The van der Waals surface area contributed by atoms with Gasteiger partial charge < -0.3 is 15.8 Å². The van der Waals surface area contributed by atoms with Crippen molar-refractivity contribution in [3.05, 3.63) is 0 Å². The van der Waals surface area contributed by atoms with Crippen LogP contribution < -0.4 is 11.1 Å². The lowest BCUT2D eigenvalue weighted by atomic mass is 10.1. The maximum absolute atomic E-state index is 11.6. The number of rotatable bonds is 5. The monoisotopic (exact) mass is 214 g/mol. The molecule has 0 aromatic carbocycles. The Labute approximate surface area is 91.5 Å². The Morgan fingerprint density at radius 2 is 2.40 bits per heavy atom. The molecule has 0 bridgehead atoms. The predicted octanol–water partition coefficient (Wildman–Crippen LogP) is 0.655. The minimum absolute atomic E-state index is 0.123. The number of nitrogens with one attached hydrogen (secondary N) is 1. The van der Waals surface area contributed by atoms with Crippen molar-refractivity contribution in [3.8, 4) is 0 Å². The fourth-order valence-electron chi connectivity index (χ4n) is 1.70. The fraction of sp³-hybridized carbons (Fsp3) is 0.909. The van der Waals surface area contributed by atoms with Gasteiger partial charge in [0.2, 0.25) is 5.91 Å². The third kappa shape index (κ3) is 4.18. The van der Waals surface area contributed by atoms with Gasteiger partial charge in [-0.2, -0.15) is 0 Å². The van der Waals surface area contributed by atoms with Crippen LogP contribution in [-0.2, 0) is 9.53 Å². The highest BCUT2D eigenvalue weighted by Gasteiger charge is 2.25. The van der Waals surface area contributed by atoms with Crippen molar-refractivity contribution in [2.24, 2.45) is 11.7 Å². The van der Waals surface area contributed by atoms with Crippen LogP contribution in [0.2, 0.25) is 0 Å². The number of hydrogen-bond acceptors (Lipinski definition) is 3. The van der Waals surface area contributed by atoms with Gasteiger partial charge in [0, 0.05) is 13.0 Å².